The van der Waals surface area contributed by atoms with E-state index in [1.54, 1.807) is 12.2 Å². The molecule has 1 saturated carbocycles. The SMILES string of the molecule is C/C=C/COc1ccc(OC2CCCC2)c(F)c1F. The minimum Gasteiger partial charge on any atom is -0.487 e. The van der Waals surface area contributed by atoms with Gasteiger partial charge in [-0.1, -0.05) is 12.2 Å². The molecule has 1 aromatic carbocycles. The van der Waals surface area contributed by atoms with E-state index in [-0.39, 0.29) is 24.2 Å². The Labute approximate surface area is 112 Å². The number of hydrogen-bond acceptors (Lipinski definition) is 2. The first-order valence-electron chi connectivity index (χ1n) is 6.61. The average Bonchev–Trinajstić information content (AvgIpc) is 2.91. The summed E-state index contributed by atoms with van der Waals surface area (Å²) < 4.78 is 38.2. The molecule has 4 heteroatoms. The number of hydrogen-bond donors (Lipinski definition) is 0. The van der Waals surface area contributed by atoms with E-state index in [4.69, 9.17) is 9.47 Å². The number of ether oxygens (including phenoxy) is 2. The molecular weight excluding hydrogens is 250 g/mol. The predicted octanol–water partition coefficient (Wildman–Crippen LogP) is 4.24. The molecule has 1 aliphatic rings. The largest absolute Gasteiger partial charge is 0.487 e. The fourth-order valence-corrected chi connectivity index (χ4v) is 2.14. The maximum Gasteiger partial charge on any atom is 0.204 e. The van der Waals surface area contributed by atoms with Gasteiger partial charge in [-0.25, -0.2) is 0 Å². The van der Waals surface area contributed by atoms with E-state index in [0.717, 1.165) is 25.7 Å². The van der Waals surface area contributed by atoms with Gasteiger partial charge >= 0.3 is 0 Å². The molecule has 0 spiro atoms. The van der Waals surface area contributed by atoms with Crippen LogP contribution in [0.15, 0.2) is 24.3 Å². The molecule has 0 amide bonds. The Hall–Kier alpha value is -1.58. The lowest BCUT2D eigenvalue weighted by atomic mass is 10.2. The second-order valence-corrected chi connectivity index (χ2v) is 4.59. The molecule has 1 aliphatic carbocycles. The smallest absolute Gasteiger partial charge is 0.204 e. The third-order valence-electron chi connectivity index (χ3n) is 3.18. The van der Waals surface area contributed by atoms with E-state index in [1.807, 2.05) is 6.92 Å². The molecule has 0 bridgehead atoms. The Morgan fingerprint density at radius 3 is 2.47 bits per heavy atom. The van der Waals surface area contributed by atoms with Crippen LogP contribution in [0.1, 0.15) is 32.6 Å². The number of rotatable bonds is 5. The Morgan fingerprint density at radius 2 is 1.79 bits per heavy atom. The minimum absolute atomic E-state index is 0.00342. The standard InChI is InChI=1S/C15H18F2O2/c1-2-3-10-18-12-8-9-13(15(17)14(12)16)19-11-6-4-5-7-11/h2-3,8-9,11H,4-7,10H2,1H3/b3-2+. The van der Waals surface area contributed by atoms with Gasteiger partial charge in [0.05, 0.1) is 6.10 Å². The van der Waals surface area contributed by atoms with Gasteiger partial charge in [0, 0.05) is 0 Å². The lowest BCUT2D eigenvalue weighted by Gasteiger charge is -2.15. The fraction of sp³-hybridized carbons (Fsp3) is 0.467. The van der Waals surface area contributed by atoms with Crippen LogP contribution in [0.4, 0.5) is 8.78 Å². The van der Waals surface area contributed by atoms with Crippen molar-refractivity contribution in [1.82, 2.24) is 0 Å². The first-order valence-corrected chi connectivity index (χ1v) is 6.61. The van der Waals surface area contributed by atoms with Gasteiger partial charge in [0.2, 0.25) is 11.6 Å². The Morgan fingerprint density at radius 1 is 1.16 bits per heavy atom. The van der Waals surface area contributed by atoms with Gasteiger partial charge in [0.25, 0.3) is 0 Å². The van der Waals surface area contributed by atoms with E-state index in [9.17, 15) is 8.78 Å². The van der Waals surface area contributed by atoms with E-state index < -0.39 is 11.6 Å². The van der Waals surface area contributed by atoms with Crippen LogP contribution in [0, 0.1) is 11.6 Å². The first kappa shape index (κ1) is 13.8. The minimum atomic E-state index is -0.986. The average molecular weight is 268 g/mol. The number of halogens is 2. The zero-order valence-electron chi connectivity index (χ0n) is 11.0. The van der Waals surface area contributed by atoms with Crippen molar-refractivity contribution in [3.63, 3.8) is 0 Å². The normalized spacial score (nSPS) is 16.2. The molecule has 0 saturated heterocycles. The second-order valence-electron chi connectivity index (χ2n) is 4.59. The van der Waals surface area contributed by atoms with Crippen LogP contribution in [0.3, 0.4) is 0 Å². The summed E-state index contributed by atoms with van der Waals surface area (Å²) in [5, 5.41) is 0. The molecular formula is C15H18F2O2. The lowest BCUT2D eigenvalue weighted by molar-refractivity contribution is 0.197. The summed E-state index contributed by atoms with van der Waals surface area (Å²) in [4.78, 5) is 0. The Balaban J connectivity index is 2.07. The van der Waals surface area contributed by atoms with Gasteiger partial charge in [0.15, 0.2) is 11.5 Å². The van der Waals surface area contributed by atoms with Gasteiger partial charge < -0.3 is 9.47 Å². The highest BCUT2D eigenvalue weighted by Gasteiger charge is 2.21. The van der Waals surface area contributed by atoms with Crippen LogP contribution in [0.5, 0.6) is 11.5 Å². The summed E-state index contributed by atoms with van der Waals surface area (Å²) in [6.45, 7) is 2.05. The van der Waals surface area contributed by atoms with Crippen LogP contribution in [0.2, 0.25) is 0 Å². The van der Waals surface area contributed by atoms with Crippen LogP contribution >= 0.6 is 0 Å². The van der Waals surface area contributed by atoms with Crippen LogP contribution in [0.25, 0.3) is 0 Å². The zero-order valence-corrected chi connectivity index (χ0v) is 11.0. The van der Waals surface area contributed by atoms with E-state index in [2.05, 4.69) is 0 Å². The van der Waals surface area contributed by atoms with Crippen molar-refractivity contribution in [2.24, 2.45) is 0 Å². The molecule has 0 atom stereocenters. The van der Waals surface area contributed by atoms with Gasteiger partial charge in [-0.3, -0.25) is 0 Å². The van der Waals surface area contributed by atoms with Crippen molar-refractivity contribution >= 4 is 0 Å². The lowest BCUT2D eigenvalue weighted by Crippen LogP contribution is -2.12. The van der Waals surface area contributed by atoms with Crippen LogP contribution in [-0.2, 0) is 0 Å². The molecule has 0 aliphatic heterocycles. The van der Waals surface area contributed by atoms with Crippen molar-refractivity contribution < 1.29 is 18.3 Å². The number of benzene rings is 1. The quantitative estimate of drug-likeness (QED) is 0.744. The molecule has 0 heterocycles. The molecule has 2 rings (SSSR count). The van der Waals surface area contributed by atoms with Gasteiger partial charge in [0.1, 0.15) is 6.61 Å². The summed E-state index contributed by atoms with van der Waals surface area (Å²) in [6.07, 6.45) is 7.48. The molecule has 104 valence electrons. The third-order valence-corrected chi connectivity index (χ3v) is 3.18. The Kier molecular flexibility index (Phi) is 4.77. The summed E-state index contributed by atoms with van der Waals surface area (Å²) in [6, 6.07) is 2.84. The van der Waals surface area contributed by atoms with Crippen LogP contribution in [-0.4, -0.2) is 12.7 Å². The summed E-state index contributed by atoms with van der Waals surface area (Å²) in [5.41, 5.74) is 0. The maximum absolute atomic E-state index is 13.8. The van der Waals surface area contributed by atoms with E-state index in [0.29, 0.717) is 0 Å². The highest BCUT2D eigenvalue weighted by Crippen LogP contribution is 2.31. The summed E-state index contributed by atoms with van der Waals surface area (Å²) in [5.74, 6) is -2.07. The Bertz CT molecular complexity index is 452. The van der Waals surface area contributed by atoms with Crippen LogP contribution < -0.4 is 9.47 Å². The van der Waals surface area contributed by atoms with Crippen molar-refractivity contribution in [3.05, 3.63) is 35.9 Å². The molecule has 2 nitrogen and oxygen atoms in total. The van der Waals surface area contributed by atoms with Crippen molar-refractivity contribution in [2.45, 2.75) is 38.7 Å². The predicted molar refractivity (Wildman–Crippen MR) is 69.6 cm³/mol. The topological polar surface area (TPSA) is 18.5 Å². The molecule has 1 aromatic rings. The van der Waals surface area contributed by atoms with Crippen molar-refractivity contribution in [3.8, 4) is 11.5 Å². The van der Waals surface area contributed by atoms with Gasteiger partial charge in [-0.05, 0) is 44.7 Å². The summed E-state index contributed by atoms with van der Waals surface area (Å²) >= 11 is 0. The maximum atomic E-state index is 13.8. The summed E-state index contributed by atoms with van der Waals surface area (Å²) in [7, 11) is 0. The fourth-order valence-electron chi connectivity index (χ4n) is 2.14. The molecule has 0 N–H and O–H groups in total. The number of allylic oxidation sites excluding steroid dienone is 1. The molecule has 1 fully saturated rings. The molecule has 0 aromatic heterocycles. The highest BCUT2D eigenvalue weighted by atomic mass is 19.2. The van der Waals surface area contributed by atoms with E-state index >= 15 is 0 Å². The molecule has 19 heavy (non-hydrogen) atoms. The van der Waals surface area contributed by atoms with Gasteiger partial charge in [-0.2, -0.15) is 8.78 Å². The second kappa shape index (κ2) is 6.55. The first-order chi connectivity index (χ1) is 9.22. The molecule has 0 unspecified atom stereocenters. The zero-order chi connectivity index (χ0) is 13.7. The third kappa shape index (κ3) is 3.46. The molecule has 0 radical (unpaired) electrons. The van der Waals surface area contributed by atoms with Gasteiger partial charge in [-0.15, -0.1) is 0 Å². The monoisotopic (exact) mass is 268 g/mol. The van der Waals surface area contributed by atoms with E-state index in [1.165, 1.54) is 12.1 Å². The van der Waals surface area contributed by atoms with Crippen molar-refractivity contribution in [2.75, 3.05) is 6.61 Å². The van der Waals surface area contributed by atoms with Crippen molar-refractivity contribution in [1.29, 1.82) is 0 Å². The highest BCUT2D eigenvalue weighted by molar-refractivity contribution is 5.35.